The lowest BCUT2D eigenvalue weighted by atomic mass is 10.1. The number of nitrogen functional groups attached to an aromatic ring is 1. The molecule has 0 spiro atoms. The van der Waals surface area contributed by atoms with Crippen molar-refractivity contribution in [1.82, 2.24) is 15.0 Å². The average molecular weight is 396 g/mol. The largest absolute Gasteiger partial charge is 0.397 e. The highest BCUT2D eigenvalue weighted by Gasteiger charge is 2.13. The highest BCUT2D eigenvalue weighted by Crippen LogP contribution is 2.34. The second kappa shape index (κ2) is 4.86. The molecule has 2 aromatic carbocycles. The van der Waals surface area contributed by atoms with E-state index in [1.165, 1.54) is 11.1 Å². The fourth-order valence-electron chi connectivity index (χ4n) is 2.18. The fourth-order valence-corrected chi connectivity index (χ4v) is 3.36. The molecule has 4 nitrogen and oxygen atoms in total. The molecule has 3 rings (SSSR count). The smallest absolute Gasteiger partial charge is 0.130 e. The summed E-state index contributed by atoms with van der Waals surface area (Å²) in [7, 11) is 0. The molecule has 1 heterocycles. The van der Waals surface area contributed by atoms with Crippen molar-refractivity contribution >= 4 is 48.6 Å². The third-order valence-corrected chi connectivity index (χ3v) is 4.50. The van der Waals surface area contributed by atoms with Crippen LogP contribution in [-0.4, -0.2) is 15.0 Å². The molecule has 0 atom stereocenters. The van der Waals surface area contributed by atoms with Crippen LogP contribution in [0.1, 0.15) is 11.1 Å². The van der Waals surface area contributed by atoms with Crippen LogP contribution in [0.5, 0.6) is 0 Å². The van der Waals surface area contributed by atoms with Crippen LogP contribution in [0.25, 0.3) is 16.7 Å². The molecule has 0 saturated carbocycles. The Morgan fingerprint density at radius 1 is 1.00 bits per heavy atom. The molecule has 0 aliphatic heterocycles. The number of nitrogens with zero attached hydrogens (tertiary/aromatic N) is 3. The number of aromatic nitrogens is 3. The van der Waals surface area contributed by atoms with Gasteiger partial charge >= 0.3 is 0 Å². The molecule has 0 aliphatic carbocycles. The number of nitrogens with two attached hydrogens (primary N) is 1. The van der Waals surface area contributed by atoms with E-state index in [9.17, 15) is 0 Å². The molecule has 2 N–H and O–H groups in total. The van der Waals surface area contributed by atoms with Gasteiger partial charge in [0.1, 0.15) is 11.0 Å². The SMILES string of the molecule is Cc1cc(C)cc(-n2nc3cc(Br)c(N)c(Br)c3n2)c1. The summed E-state index contributed by atoms with van der Waals surface area (Å²) in [6.45, 7) is 4.12. The molecule has 0 amide bonds. The van der Waals surface area contributed by atoms with E-state index in [-0.39, 0.29) is 0 Å². The van der Waals surface area contributed by atoms with Crippen LogP contribution in [0.15, 0.2) is 33.2 Å². The molecule has 0 aliphatic rings. The molecule has 0 fully saturated rings. The Morgan fingerprint density at radius 3 is 2.30 bits per heavy atom. The summed E-state index contributed by atoms with van der Waals surface area (Å²) in [5.74, 6) is 0. The Hall–Kier alpha value is -1.40. The van der Waals surface area contributed by atoms with Crippen molar-refractivity contribution in [3.05, 3.63) is 44.3 Å². The second-order valence-electron chi connectivity index (χ2n) is 4.79. The molecule has 6 heteroatoms. The van der Waals surface area contributed by atoms with Gasteiger partial charge in [0.05, 0.1) is 15.8 Å². The molecule has 0 radical (unpaired) electrons. The maximum Gasteiger partial charge on any atom is 0.130 e. The van der Waals surface area contributed by atoms with Gasteiger partial charge in [-0.05, 0) is 75.0 Å². The van der Waals surface area contributed by atoms with Gasteiger partial charge < -0.3 is 5.73 Å². The Morgan fingerprint density at radius 2 is 1.65 bits per heavy atom. The monoisotopic (exact) mass is 394 g/mol. The number of hydrogen-bond acceptors (Lipinski definition) is 3. The average Bonchev–Trinajstić information content (AvgIpc) is 2.79. The number of benzene rings is 2. The summed E-state index contributed by atoms with van der Waals surface area (Å²) in [6, 6.07) is 8.11. The second-order valence-corrected chi connectivity index (χ2v) is 6.44. The van der Waals surface area contributed by atoms with Gasteiger partial charge in [0, 0.05) is 4.47 Å². The summed E-state index contributed by atoms with van der Waals surface area (Å²) in [4.78, 5) is 1.64. The van der Waals surface area contributed by atoms with Crippen LogP contribution >= 0.6 is 31.9 Å². The molecular formula is C14H12Br2N4. The normalized spacial score (nSPS) is 11.2. The number of rotatable bonds is 1. The maximum absolute atomic E-state index is 5.97. The molecule has 1 aromatic heterocycles. The lowest BCUT2D eigenvalue weighted by Crippen LogP contribution is -1.99. The lowest BCUT2D eigenvalue weighted by molar-refractivity contribution is 0.764. The summed E-state index contributed by atoms with van der Waals surface area (Å²) in [5.41, 5.74) is 11.5. The van der Waals surface area contributed by atoms with Crippen LogP contribution in [0.3, 0.4) is 0 Å². The summed E-state index contributed by atoms with van der Waals surface area (Å²) in [6.07, 6.45) is 0. The van der Waals surface area contributed by atoms with E-state index in [0.717, 1.165) is 25.7 Å². The first-order valence-electron chi connectivity index (χ1n) is 6.05. The van der Waals surface area contributed by atoms with Crippen molar-refractivity contribution in [2.45, 2.75) is 13.8 Å². The van der Waals surface area contributed by atoms with E-state index in [1.807, 2.05) is 6.07 Å². The number of aryl methyl sites for hydroxylation is 2. The van der Waals surface area contributed by atoms with E-state index in [2.05, 4.69) is 74.1 Å². The number of halogens is 2. The molecule has 0 unspecified atom stereocenters. The van der Waals surface area contributed by atoms with E-state index in [1.54, 1.807) is 4.80 Å². The first-order valence-corrected chi connectivity index (χ1v) is 7.63. The molecule has 3 aromatic rings. The highest BCUT2D eigenvalue weighted by atomic mass is 79.9. The van der Waals surface area contributed by atoms with Crippen LogP contribution < -0.4 is 5.73 Å². The minimum atomic E-state index is 0.630. The van der Waals surface area contributed by atoms with Gasteiger partial charge in [-0.1, -0.05) is 6.07 Å². The van der Waals surface area contributed by atoms with Gasteiger partial charge in [0.25, 0.3) is 0 Å². The Bertz CT molecular complexity index is 803. The molecular weight excluding hydrogens is 384 g/mol. The van der Waals surface area contributed by atoms with Gasteiger partial charge in [-0.3, -0.25) is 0 Å². The van der Waals surface area contributed by atoms with Crippen molar-refractivity contribution in [3.8, 4) is 5.69 Å². The minimum absolute atomic E-state index is 0.630. The maximum atomic E-state index is 5.97. The minimum Gasteiger partial charge on any atom is -0.397 e. The first kappa shape index (κ1) is 13.6. The van der Waals surface area contributed by atoms with Gasteiger partial charge in [0.2, 0.25) is 0 Å². The van der Waals surface area contributed by atoms with Crippen LogP contribution in [0.2, 0.25) is 0 Å². The predicted octanol–water partition coefficient (Wildman–Crippen LogP) is 4.14. The van der Waals surface area contributed by atoms with Crippen molar-refractivity contribution in [2.75, 3.05) is 5.73 Å². The molecule has 0 bridgehead atoms. The molecule has 20 heavy (non-hydrogen) atoms. The van der Waals surface area contributed by atoms with Crippen LogP contribution in [0.4, 0.5) is 5.69 Å². The third kappa shape index (κ3) is 2.23. The van der Waals surface area contributed by atoms with Gasteiger partial charge in [0.15, 0.2) is 0 Å². The number of anilines is 1. The number of fused-ring (bicyclic) bond motifs is 1. The standard InChI is InChI=1S/C14H12Br2N4/c1-7-3-8(2)5-9(4-7)20-18-11-6-10(15)13(17)12(16)14(11)19-20/h3-6H,17H2,1-2H3. The van der Waals surface area contributed by atoms with Gasteiger partial charge in [-0.2, -0.15) is 4.80 Å². The Kier molecular flexibility index (Phi) is 3.30. The zero-order valence-corrected chi connectivity index (χ0v) is 14.2. The Labute approximate surface area is 133 Å². The zero-order valence-electron chi connectivity index (χ0n) is 11.0. The predicted molar refractivity (Wildman–Crippen MR) is 88.2 cm³/mol. The topological polar surface area (TPSA) is 56.7 Å². The van der Waals surface area contributed by atoms with E-state index >= 15 is 0 Å². The van der Waals surface area contributed by atoms with E-state index < -0.39 is 0 Å². The van der Waals surface area contributed by atoms with E-state index in [0.29, 0.717) is 5.69 Å². The van der Waals surface area contributed by atoms with Crippen molar-refractivity contribution in [1.29, 1.82) is 0 Å². The first-order chi connectivity index (χ1) is 9.45. The lowest BCUT2D eigenvalue weighted by Gasteiger charge is -2.02. The molecule has 102 valence electrons. The van der Waals surface area contributed by atoms with Crippen LogP contribution in [0, 0.1) is 13.8 Å². The quantitative estimate of drug-likeness (QED) is 0.629. The van der Waals surface area contributed by atoms with E-state index in [4.69, 9.17) is 5.73 Å². The summed E-state index contributed by atoms with van der Waals surface area (Å²) >= 11 is 6.90. The zero-order chi connectivity index (χ0) is 14.4. The van der Waals surface area contributed by atoms with Gasteiger partial charge in [-0.15, -0.1) is 10.2 Å². The van der Waals surface area contributed by atoms with Crippen molar-refractivity contribution in [3.63, 3.8) is 0 Å². The van der Waals surface area contributed by atoms with Crippen LogP contribution in [-0.2, 0) is 0 Å². The summed E-state index contributed by atoms with van der Waals surface area (Å²) in [5, 5.41) is 9.04. The Balaban J connectivity index is 2.25. The van der Waals surface area contributed by atoms with Gasteiger partial charge in [-0.25, -0.2) is 0 Å². The highest BCUT2D eigenvalue weighted by molar-refractivity contribution is 9.11. The number of hydrogen-bond donors (Lipinski definition) is 1. The third-order valence-electron chi connectivity index (χ3n) is 3.04. The van der Waals surface area contributed by atoms with Crippen molar-refractivity contribution < 1.29 is 0 Å². The van der Waals surface area contributed by atoms with Crippen molar-refractivity contribution in [2.24, 2.45) is 0 Å². The molecule has 0 saturated heterocycles. The fraction of sp³-hybridized carbons (Fsp3) is 0.143. The summed E-state index contributed by atoms with van der Waals surface area (Å²) < 4.78 is 1.57.